The molecule has 0 aliphatic heterocycles. The lowest BCUT2D eigenvalue weighted by molar-refractivity contribution is 0.101. The summed E-state index contributed by atoms with van der Waals surface area (Å²) in [5.74, 6) is 0.410. The fourth-order valence-electron chi connectivity index (χ4n) is 1.47. The first kappa shape index (κ1) is 9.96. The Morgan fingerprint density at radius 3 is 2.31 bits per heavy atom. The fraction of sp³-hybridized carbons (Fsp3) is 0.600. The van der Waals surface area contributed by atoms with Crippen LogP contribution in [-0.4, -0.2) is 15.6 Å². The maximum absolute atomic E-state index is 11.4. The maximum atomic E-state index is 11.4. The van der Waals surface area contributed by atoms with E-state index in [9.17, 15) is 4.79 Å². The summed E-state index contributed by atoms with van der Waals surface area (Å²) in [6.45, 7) is 7.62. The van der Waals surface area contributed by atoms with Crippen LogP contribution in [0, 0.1) is 6.92 Å². The van der Waals surface area contributed by atoms with Crippen molar-refractivity contribution in [1.29, 1.82) is 0 Å². The van der Waals surface area contributed by atoms with Crippen molar-refractivity contribution < 1.29 is 4.79 Å². The van der Waals surface area contributed by atoms with Crippen molar-refractivity contribution in [3.63, 3.8) is 0 Å². The van der Waals surface area contributed by atoms with Gasteiger partial charge in [-0.15, -0.1) is 0 Å². The molecule has 0 saturated heterocycles. The summed E-state index contributed by atoms with van der Waals surface area (Å²) in [5, 5.41) is 4.33. The molecule has 3 nitrogen and oxygen atoms in total. The summed E-state index contributed by atoms with van der Waals surface area (Å²) >= 11 is 0. The highest BCUT2D eigenvalue weighted by Crippen LogP contribution is 2.21. The normalized spacial score (nSPS) is 10.9. The minimum atomic E-state index is 0.106. The Hall–Kier alpha value is -1.12. The number of carbonyl (C=O) groups excluding carboxylic acids is 1. The van der Waals surface area contributed by atoms with Crippen LogP contribution < -0.4 is 0 Å². The van der Waals surface area contributed by atoms with Gasteiger partial charge in [0, 0.05) is 12.7 Å². The van der Waals surface area contributed by atoms with E-state index in [4.69, 9.17) is 0 Å². The fourth-order valence-corrected chi connectivity index (χ4v) is 1.47. The van der Waals surface area contributed by atoms with Gasteiger partial charge in [-0.2, -0.15) is 5.10 Å². The first-order chi connectivity index (χ1) is 5.95. The number of ketones is 1. The van der Waals surface area contributed by atoms with Gasteiger partial charge in [0.1, 0.15) is 0 Å². The van der Waals surface area contributed by atoms with E-state index in [1.165, 1.54) is 0 Å². The number of hydrogen-bond acceptors (Lipinski definition) is 2. The Morgan fingerprint density at radius 2 is 2.00 bits per heavy atom. The minimum Gasteiger partial charge on any atom is -0.294 e. The summed E-state index contributed by atoms with van der Waals surface area (Å²) in [6.07, 6.45) is 0. The second-order valence-electron chi connectivity index (χ2n) is 3.68. The van der Waals surface area contributed by atoms with Gasteiger partial charge in [-0.1, -0.05) is 13.8 Å². The molecule has 0 atom stereocenters. The Labute approximate surface area is 78.8 Å². The summed E-state index contributed by atoms with van der Waals surface area (Å²) in [5.41, 5.74) is 2.65. The summed E-state index contributed by atoms with van der Waals surface area (Å²) in [6, 6.07) is 0. The average molecular weight is 180 g/mol. The van der Waals surface area contributed by atoms with E-state index >= 15 is 0 Å². The highest BCUT2D eigenvalue weighted by molar-refractivity contribution is 5.96. The van der Waals surface area contributed by atoms with E-state index in [2.05, 4.69) is 5.10 Å². The molecule has 0 fully saturated rings. The number of aromatic nitrogens is 2. The van der Waals surface area contributed by atoms with Gasteiger partial charge in [-0.05, 0) is 19.8 Å². The third-order valence-corrected chi connectivity index (χ3v) is 2.26. The standard InChI is InChI=1S/C10H16N2O/c1-6(2)10-9(8(4)13)7(3)12(5)11-10/h6H,1-5H3. The van der Waals surface area contributed by atoms with Crippen LogP contribution in [0.3, 0.4) is 0 Å². The predicted octanol–water partition coefficient (Wildman–Crippen LogP) is 2.05. The topological polar surface area (TPSA) is 34.9 Å². The van der Waals surface area contributed by atoms with E-state index in [0.717, 1.165) is 17.0 Å². The molecule has 0 bridgehead atoms. The van der Waals surface area contributed by atoms with Crippen molar-refractivity contribution >= 4 is 5.78 Å². The van der Waals surface area contributed by atoms with Crippen LogP contribution in [0.2, 0.25) is 0 Å². The summed E-state index contributed by atoms with van der Waals surface area (Å²) < 4.78 is 1.77. The van der Waals surface area contributed by atoms with Gasteiger partial charge < -0.3 is 0 Å². The molecule has 3 heteroatoms. The number of nitrogens with zero attached hydrogens (tertiary/aromatic N) is 2. The SMILES string of the molecule is CC(=O)c1c(C(C)C)nn(C)c1C. The Bertz CT molecular complexity index is 337. The molecular formula is C10H16N2O. The summed E-state index contributed by atoms with van der Waals surface area (Å²) in [7, 11) is 1.87. The van der Waals surface area contributed by atoms with E-state index in [1.54, 1.807) is 11.6 Å². The quantitative estimate of drug-likeness (QED) is 0.653. The van der Waals surface area contributed by atoms with Gasteiger partial charge in [0.15, 0.2) is 5.78 Å². The van der Waals surface area contributed by atoms with E-state index in [1.807, 2.05) is 27.8 Å². The van der Waals surface area contributed by atoms with Crippen LogP contribution in [0.4, 0.5) is 0 Å². The lowest BCUT2D eigenvalue weighted by Gasteiger charge is -2.01. The first-order valence-corrected chi connectivity index (χ1v) is 4.49. The van der Waals surface area contributed by atoms with Gasteiger partial charge >= 0.3 is 0 Å². The zero-order chi connectivity index (χ0) is 10.2. The highest BCUT2D eigenvalue weighted by atomic mass is 16.1. The Balaban J connectivity index is 3.35. The van der Waals surface area contributed by atoms with Crippen molar-refractivity contribution in [2.24, 2.45) is 7.05 Å². The molecule has 0 N–H and O–H groups in total. The van der Waals surface area contributed by atoms with Crippen LogP contribution in [0.25, 0.3) is 0 Å². The molecule has 0 aliphatic rings. The van der Waals surface area contributed by atoms with E-state index in [0.29, 0.717) is 5.92 Å². The summed E-state index contributed by atoms with van der Waals surface area (Å²) in [4.78, 5) is 11.4. The van der Waals surface area contributed by atoms with Crippen molar-refractivity contribution in [1.82, 2.24) is 9.78 Å². The molecule has 0 saturated carbocycles. The number of rotatable bonds is 2. The molecule has 0 amide bonds. The Kier molecular flexibility index (Phi) is 2.55. The molecular weight excluding hydrogens is 164 g/mol. The molecule has 0 radical (unpaired) electrons. The predicted molar refractivity (Wildman–Crippen MR) is 52.0 cm³/mol. The van der Waals surface area contributed by atoms with Gasteiger partial charge in [0.2, 0.25) is 0 Å². The second kappa shape index (κ2) is 3.32. The lowest BCUT2D eigenvalue weighted by atomic mass is 10.0. The minimum absolute atomic E-state index is 0.106. The van der Waals surface area contributed by atoms with Gasteiger partial charge in [-0.25, -0.2) is 0 Å². The Morgan fingerprint density at radius 1 is 1.46 bits per heavy atom. The molecule has 72 valence electrons. The van der Waals surface area contributed by atoms with Gasteiger partial charge in [-0.3, -0.25) is 9.48 Å². The zero-order valence-corrected chi connectivity index (χ0v) is 8.88. The van der Waals surface area contributed by atoms with Crippen molar-refractivity contribution in [3.05, 3.63) is 17.0 Å². The largest absolute Gasteiger partial charge is 0.294 e. The van der Waals surface area contributed by atoms with Crippen molar-refractivity contribution in [3.8, 4) is 0 Å². The molecule has 0 aromatic carbocycles. The monoisotopic (exact) mass is 180 g/mol. The van der Waals surface area contributed by atoms with Crippen molar-refractivity contribution in [2.75, 3.05) is 0 Å². The molecule has 0 unspecified atom stereocenters. The molecule has 1 heterocycles. The number of carbonyl (C=O) groups is 1. The van der Waals surface area contributed by atoms with Crippen LogP contribution in [0.5, 0.6) is 0 Å². The number of aryl methyl sites for hydroxylation is 1. The van der Waals surface area contributed by atoms with Crippen LogP contribution in [-0.2, 0) is 7.05 Å². The third kappa shape index (κ3) is 1.64. The van der Waals surface area contributed by atoms with Crippen LogP contribution in [0.1, 0.15) is 48.4 Å². The lowest BCUT2D eigenvalue weighted by Crippen LogP contribution is -2.00. The van der Waals surface area contributed by atoms with E-state index in [-0.39, 0.29) is 5.78 Å². The second-order valence-corrected chi connectivity index (χ2v) is 3.68. The molecule has 1 aromatic heterocycles. The maximum Gasteiger partial charge on any atom is 0.163 e. The van der Waals surface area contributed by atoms with Gasteiger partial charge in [0.25, 0.3) is 0 Å². The van der Waals surface area contributed by atoms with Crippen LogP contribution >= 0.6 is 0 Å². The smallest absolute Gasteiger partial charge is 0.163 e. The van der Waals surface area contributed by atoms with Crippen LogP contribution in [0.15, 0.2) is 0 Å². The average Bonchev–Trinajstić information content (AvgIpc) is 2.28. The highest BCUT2D eigenvalue weighted by Gasteiger charge is 2.18. The number of Topliss-reactive ketones (excluding diaryl/α,β-unsaturated/α-hetero) is 1. The molecule has 0 aliphatic carbocycles. The molecule has 0 spiro atoms. The molecule has 13 heavy (non-hydrogen) atoms. The van der Waals surface area contributed by atoms with E-state index < -0.39 is 0 Å². The molecule has 1 rings (SSSR count). The zero-order valence-electron chi connectivity index (χ0n) is 8.88. The first-order valence-electron chi connectivity index (χ1n) is 4.49. The number of hydrogen-bond donors (Lipinski definition) is 0. The molecule has 1 aromatic rings. The third-order valence-electron chi connectivity index (χ3n) is 2.26. The van der Waals surface area contributed by atoms with Gasteiger partial charge in [0.05, 0.1) is 11.3 Å². The van der Waals surface area contributed by atoms with Crippen molar-refractivity contribution in [2.45, 2.75) is 33.6 Å².